The van der Waals surface area contributed by atoms with Crippen LogP contribution in [0.4, 0.5) is 4.79 Å². The molecule has 0 spiro atoms. The number of nitrogens with zero attached hydrogens (tertiary/aromatic N) is 2. The van der Waals surface area contributed by atoms with Gasteiger partial charge in [0, 0.05) is 19.4 Å². The minimum absolute atomic E-state index is 0.0549. The van der Waals surface area contributed by atoms with E-state index in [9.17, 15) is 23.8 Å². The summed E-state index contributed by atoms with van der Waals surface area (Å²) in [4.78, 5) is 46.7. The molecule has 2 N–H and O–H groups in total. The van der Waals surface area contributed by atoms with E-state index in [1.54, 1.807) is 0 Å². The molecule has 2 heterocycles. The van der Waals surface area contributed by atoms with Crippen LogP contribution in [-0.2, 0) is 29.8 Å². The van der Waals surface area contributed by atoms with Gasteiger partial charge in [-0.25, -0.2) is 14.8 Å². The monoisotopic (exact) mass is 454 g/mol. The standard InChI is InChI=1S/C20H27N2O8P/c23-17-12-11-16(19(24)22-18(29-20(25)26)10-6-13-21(17)22)30-31(27,28)14-5-4-9-15-7-2-1-3-8-15/h1-3,7-8,16,18H,4-6,9-14H2,(H,25,26)(H,27,28)/t16-,18-/m0/s1. The lowest BCUT2D eigenvalue weighted by atomic mass is 10.1. The first kappa shape index (κ1) is 23.2. The fourth-order valence-electron chi connectivity index (χ4n) is 3.82. The molecule has 10 nitrogen and oxygen atoms in total. The summed E-state index contributed by atoms with van der Waals surface area (Å²) in [5, 5.41) is 11.0. The summed E-state index contributed by atoms with van der Waals surface area (Å²) in [7, 11) is -4.09. The zero-order valence-corrected chi connectivity index (χ0v) is 18.0. The molecule has 170 valence electrons. The molecule has 2 aliphatic rings. The van der Waals surface area contributed by atoms with Gasteiger partial charge in [0.1, 0.15) is 6.10 Å². The van der Waals surface area contributed by atoms with Crippen LogP contribution in [0.1, 0.15) is 44.1 Å². The summed E-state index contributed by atoms with van der Waals surface area (Å²) < 4.78 is 22.7. The Morgan fingerprint density at radius 1 is 1.16 bits per heavy atom. The van der Waals surface area contributed by atoms with Crippen molar-refractivity contribution in [1.29, 1.82) is 0 Å². The fourth-order valence-corrected chi connectivity index (χ4v) is 5.14. The number of unbranched alkanes of at least 4 members (excludes halogenated alkanes) is 1. The molecule has 1 unspecified atom stereocenters. The van der Waals surface area contributed by atoms with Gasteiger partial charge < -0.3 is 14.7 Å². The number of hydrazine groups is 1. The maximum atomic E-state index is 13.0. The number of fused-ring (bicyclic) bond motifs is 1. The van der Waals surface area contributed by atoms with Crippen LogP contribution in [0.3, 0.4) is 0 Å². The molecule has 0 aliphatic carbocycles. The van der Waals surface area contributed by atoms with Gasteiger partial charge in [0.15, 0.2) is 6.23 Å². The summed E-state index contributed by atoms with van der Waals surface area (Å²) in [6.45, 7) is 0.243. The highest BCUT2D eigenvalue weighted by atomic mass is 31.2. The highest BCUT2D eigenvalue weighted by Crippen LogP contribution is 2.46. The Kier molecular flexibility index (Phi) is 7.69. The third-order valence-electron chi connectivity index (χ3n) is 5.29. The Morgan fingerprint density at radius 2 is 1.90 bits per heavy atom. The van der Waals surface area contributed by atoms with Gasteiger partial charge in [-0.3, -0.25) is 18.7 Å². The highest BCUT2D eigenvalue weighted by molar-refractivity contribution is 7.52. The number of carboxylic acid groups (broad SMARTS) is 1. The second-order valence-corrected chi connectivity index (χ2v) is 9.55. The number of aryl methyl sites for hydroxylation is 1. The van der Waals surface area contributed by atoms with Gasteiger partial charge in [-0.15, -0.1) is 0 Å². The largest absolute Gasteiger partial charge is 0.507 e. The first-order chi connectivity index (χ1) is 14.8. The molecule has 0 saturated carbocycles. The predicted octanol–water partition coefficient (Wildman–Crippen LogP) is 2.76. The van der Waals surface area contributed by atoms with Crippen LogP contribution >= 0.6 is 7.60 Å². The van der Waals surface area contributed by atoms with Crippen molar-refractivity contribution in [1.82, 2.24) is 10.0 Å². The Hall–Kier alpha value is -2.42. The maximum absolute atomic E-state index is 13.0. The van der Waals surface area contributed by atoms with E-state index in [-0.39, 0.29) is 37.9 Å². The van der Waals surface area contributed by atoms with Crippen LogP contribution < -0.4 is 0 Å². The average Bonchev–Trinajstić information content (AvgIpc) is 2.84. The lowest BCUT2D eigenvalue weighted by Gasteiger charge is -2.42. The minimum atomic E-state index is -4.09. The molecule has 2 fully saturated rings. The Balaban J connectivity index is 1.61. The molecule has 0 bridgehead atoms. The second-order valence-electron chi connectivity index (χ2n) is 7.62. The summed E-state index contributed by atoms with van der Waals surface area (Å²) in [5.41, 5.74) is 1.13. The minimum Gasteiger partial charge on any atom is -0.450 e. The van der Waals surface area contributed by atoms with Crippen LogP contribution in [-0.4, -0.2) is 63.0 Å². The maximum Gasteiger partial charge on any atom is 0.507 e. The van der Waals surface area contributed by atoms with Gasteiger partial charge in [0.05, 0.1) is 6.16 Å². The SMILES string of the molecule is O=C(O)O[C@H]1CCCN2C(=O)CC[C@H](OP(=O)(O)CCCCc3ccccc3)C(=O)N12. The first-order valence-electron chi connectivity index (χ1n) is 10.3. The molecule has 2 amide bonds. The second kappa shape index (κ2) is 10.3. The van der Waals surface area contributed by atoms with E-state index in [2.05, 4.69) is 0 Å². The van der Waals surface area contributed by atoms with Crippen molar-refractivity contribution in [2.24, 2.45) is 0 Å². The van der Waals surface area contributed by atoms with E-state index in [0.717, 1.165) is 22.0 Å². The zero-order chi connectivity index (χ0) is 22.4. The number of benzene rings is 1. The molecular formula is C20H27N2O8P. The van der Waals surface area contributed by atoms with E-state index < -0.39 is 32.0 Å². The summed E-state index contributed by atoms with van der Waals surface area (Å²) in [5.74, 6) is -1.12. The number of amides is 2. The number of carbonyl (C=O) groups excluding carboxylic acids is 2. The normalized spacial score (nSPS) is 23.6. The topological polar surface area (TPSA) is 134 Å². The fraction of sp³-hybridized carbons (Fsp3) is 0.550. The van der Waals surface area contributed by atoms with Crippen molar-refractivity contribution in [2.45, 2.75) is 57.3 Å². The van der Waals surface area contributed by atoms with Crippen LogP contribution in [0.5, 0.6) is 0 Å². The van der Waals surface area contributed by atoms with Crippen molar-refractivity contribution in [3.05, 3.63) is 35.9 Å². The highest BCUT2D eigenvalue weighted by Gasteiger charge is 2.45. The van der Waals surface area contributed by atoms with E-state index >= 15 is 0 Å². The molecule has 0 aromatic heterocycles. The summed E-state index contributed by atoms with van der Waals surface area (Å²) in [6.07, 6.45) is -1.71. The van der Waals surface area contributed by atoms with Crippen LogP contribution in [0.2, 0.25) is 0 Å². The lowest BCUT2D eigenvalue weighted by molar-refractivity contribution is -0.198. The smallest absolute Gasteiger partial charge is 0.450 e. The summed E-state index contributed by atoms with van der Waals surface area (Å²) >= 11 is 0. The summed E-state index contributed by atoms with van der Waals surface area (Å²) in [6, 6.07) is 9.74. The molecule has 3 atom stereocenters. The van der Waals surface area contributed by atoms with Crippen molar-refractivity contribution in [3.63, 3.8) is 0 Å². The van der Waals surface area contributed by atoms with E-state index in [1.165, 1.54) is 0 Å². The lowest BCUT2D eigenvalue weighted by Crippen LogP contribution is -2.59. The molecule has 11 heteroatoms. The quantitative estimate of drug-likeness (QED) is 0.348. The van der Waals surface area contributed by atoms with Crippen LogP contribution in [0.25, 0.3) is 0 Å². The Bertz CT molecular complexity index is 849. The Labute approximate surface area is 180 Å². The van der Waals surface area contributed by atoms with Gasteiger partial charge in [-0.05, 0) is 37.7 Å². The van der Waals surface area contributed by atoms with Gasteiger partial charge >= 0.3 is 13.8 Å². The number of rotatable bonds is 8. The predicted molar refractivity (Wildman–Crippen MR) is 109 cm³/mol. The van der Waals surface area contributed by atoms with E-state index in [1.807, 2.05) is 30.3 Å². The molecule has 31 heavy (non-hydrogen) atoms. The molecular weight excluding hydrogens is 427 g/mol. The first-order valence-corrected chi connectivity index (χ1v) is 12.1. The van der Waals surface area contributed by atoms with Crippen LogP contribution in [0, 0.1) is 0 Å². The number of ether oxygens (including phenoxy) is 1. The van der Waals surface area contributed by atoms with Crippen LogP contribution in [0.15, 0.2) is 30.3 Å². The molecule has 2 saturated heterocycles. The molecule has 1 aromatic carbocycles. The molecule has 3 rings (SSSR count). The van der Waals surface area contributed by atoms with Gasteiger partial charge in [-0.2, -0.15) is 0 Å². The van der Waals surface area contributed by atoms with Crippen molar-refractivity contribution < 1.29 is 38.2 Å². The van der Waals surface area contributed by atoms with Gasteiger partial charge in [0.2, 0.25) is 5.91 Å². The average molecular weight is 454 g/mol. The van der Waals surface area contributed by atoms with Crippen molar-refractivity contribution in [3.8, 4) is 0 Å². The van der Waals surface area contributed by atoms with Crippen molar-refractivity contribution in [2.75, 3.05) is 12.7 Å². The van der Waals surface area contributed by atoms with Gasteiger partial charge in [-0.1, -0.05) is 30.3 Å². The Morgan fingerprint density at radius 3 is 2.61 bits per heavy atom. The zero-order valence-electron chi connectivity index (χ0n) is 17.1. The molecule has 1 aromatic rings. The third-order valence-corrected chi connectivity index (χ3v) is 6.76. The third kappa shape index (κ3) is 6.29. The van der Waals surface area contributed by atoms with Crippen molar-refractivity contribution >= 4 is 25.6 Å². The number of carbonyl (C=O) groups is 3. The number of hydrogen-bond donors (Lipinski definition) is 2. The molecule has 2 aliphatic heterocycles. The van der Waals surface area contributed by atoms with E-state index in [0.29, 0.717) is 19.3 Å². The van der Waals surface area contributed by atoms with E-state index in [4.69, 9.17) is 14.4 Å². The molecule has 0 radical (unpaired) electrons. The van der Waals surface area contributed by atoms with Gasteiger partial charge in [0.25, 0.3) is 5.91 Å². The number of hydrogen-bond acceptors (Lipinski definition) is 6.